The summed E-state index contributed by atoms with van der Waals surface area (Å²) in [4.78, 5) is 14.0. The molecule has 0 saturated carbocycles. The quantitative estimate of drug-likeness (QED) is 0.487. The number of rotatable bonds is 5. The monoisotopic (exact) mass is 241 g/mol. The van der Waals surface area contributed by atoms with Crippen molar-refractivity contribution in [3.05, 3.63) is 22.2 Å². The van der Waals surface area contributed by atoms with E-state index in [9.17, 15) is 10.1 Å². The maximum absolute atomic E-state index is 10.5. The minimum atomic E-state index is -0.522. The van der Waals surface area contributed by atoms with E-state index < -0.39 is 4.92 Å². The largest absolute Gasteiger partial charge is 0.378 e. The molecule has 0 amide bonds. The average molecular weight is 241 g/mol. The number of anilines is 1. The first-order chi connectivity index (χ1) is 7.54. The minimum Gasteiger partial charge on any atom is -0.378 e. The van der Waals surface area contributed by atoms with Crippen LogP contribution in [-0.4, -0.2) is 15.7 Å². The maximum atomic E-state index is 10.5. The van der Waals surface area contributed by atoms with Crippen molar-refractivity contribution in [2.75, 3.05) is 11.5 Å². The fourth-order valence-electron chi connectivity index (χ4n) is 1.03. The van der Waals surface area contributed by atoms with Gasteiger partial charge in [-0.3, -0.25) is 10.1 Å². The molecule has 1 atom stereocenters. The Labute approximate surface area is 98.6 Å². The number of nitro groups is 1. The predicted molar refractivity (Wildman–Crippen MR) is 65.5 cm³/mol. The van der Waals surface area contributed by atoms with Crippen molar-refractivity contribution in [2.24, 2.45) is 5.92 Å². The second-order valence-corrected chi connectivity index (χ2v) is 4.68. The molecule has 0 bridgehead atoms. The van der Waals surface area contributed by atoms with E-state index >= 15 is 0 Å². The highest BCUT2D eigenvalue weighted by molar-refractivity contribution is 7.99. The van der Waals surface area contributed by atoms with Gasteiger partial charge in [0.15, 0.2) is 0 Å². The van der Waals surface area contributed by atoms with Crippen molar-refractivity contribution in [1.29, 1.82) is 0 Å². The molecule has 1 heterocycles. The Morgan fingerprint density at radius 3 is 2.81 bits per heavy atom. The lowest BCUT2D eigenvalue weighted by Gasteiger charge is -2.07. The summed E-state index contributed by atoms with van der Waals surface area (Å²) in [6.07, 6.45) is 1.11. The standard InChI is InChI=1S/C10H15N3O2S/c1-3-7(2)6-16-9-5-4-8(13(14)15)10(11)12-9/h4-5,7H,3,6H2,1-2H3,(H2,11,12). The molecule has 0 aliphatic rings. The Hall–Kier alpha value is -1.30. The van der Waals surface area contributed by atoms with Crippen LogP contribution in [0.3, 0.4) is 0 Å². The van der Waals surface area contributed by atoms with Crippen molar-refractivity contribution in [1.82, 2.24) is 4.98 Å². The smallest absolute Gasteiger partial charge is 0.311 e. The fourth-order valence-corrected chi connectivity index (χ4v) is 2.05. The van der Waals surface area contributed by atoms with Crippen molar-refractivity contribution < 1.29 is 4.92 Å². The zero-order chi connectivity index (χ0) is 12.1. The minimum absolute atomic E-state index is 0.0147. The van der Waals surface area contributed by atoms with E-state index in [-0.39, 0.29) is 11.5 Å². The predicted octanol–water partition coefficient (Wildman–Crippen LogP) is 2.71. The molecule has 5 nitrogen and oxygen atoms in total. The number of hydrogen-bond donors (Lipinski definition) is 1. The summed E-state index contributed by atoms with van der Waals surface area (Å²) in [5, 5.41) is 11.3. The summed E-state index contributed by atoms with van der Waals surface area (Å²) in [6.45, 7) is 4.28. The molecule has 0 aliphatic carbocycles. The lowest BCUT2D eigenvalue weighted by molar-refractivity contribution is -0.384. The Balaban J connectivity index is 2.70. The summed E-state index contributed by atoms with van der Waals surface area (Å²) in [5.41, 5.74) is 5.36. The molecule has 0 aliphatic heterocycles. The van der Waals surface area contributed by atoms with E-state index in [0.717, 1.165) is 17.2 Å². The average Bonchev–Trinajstić information content (AvgIpc) is 2.25. The van der Waals surface area contributed by atoms with E-state index in [2.05, 4.69) is 18.8 Å². The van der Waals surface area contributed by atoms with Gasteiger partial charge < -0.3 is 5.73 Å². The van der Waals surface area contributed by atoms with Crippen LogP contribution in [0.25, 0.3) is 0 Å². The van der Waals surface area contributed by atoms with Crippen LogP contribution in [0.15, 0.2) is 17.2 Å². The van der Waals surface area contributed by atoms with Crippen LogP contribution in [0.2, 0.25) is 0 Å². The van der Waals surface area contributed by atoms with E-state index in [1.807, 2.05) is 0 Å². The first-order valence-corrected chi connectivity index (χ1v) is 6.06. The third kappa shape index (κ3) is 3.37. The molecule has 2 N–H and O–H groups in total. The molecule has 0 spiro atoms. The van der Waals surface area contributed by atoms with E-state index in [1.165, 1.54) is 6.07 Å². The topological polar surface area (TPSA) is 82.0 Å². The molecule has 0 aromatic carbocycles. The summed E-state index contributed by atoms with van der Waals surface area (Å²) >= 11 is 1.57. The molecule has 0 fully saturated rings. The highest BCUT2D eigenvalue weighted by atomic mass is 32.2. The van der Waals surface area contributed by atoms with Gasteiger partial charge in [-0.25, -0.2) is 4.98 Å². The first-order valence-electron chi connectivity index (χ1n) is 5.08. The number of aromatic nitrogens is 1. The Bertz CT molecular complexity index is 384. The third-order valence-electron chi connectivity index (χ3n) is 2.29. The number of thioether (sulfide) groups is 1. The molecule has 6 heteroatoms. The number of pyridine rings is 1. The Morgan fingerprint density at radius 1 is 1.62 bits per heavy atom. The number of nitrogens with two attached hydrogens (primary N) is 1. The summed E-state index contributed by atoms with van der Waals surface area (Å²) < 4.78 is 0. The van der Waals surface area contributed by atoms with Crippen molar-refractivity contribution in [3.63, 3.8) is 0 Å². The molecular formula is C10H15N3O2S. The van der Waals surface area contributed by atoms with Gasteiger partial charge in [0.05, 0.1) is 9.95 Å². The summed E-state index contributed by atoms with van der Waals surface area (Å²) in [5.74, 6) is 1.53. The van der Waals surface area contributed by atoms with Crippen LogP contribution in [0.4, 0.5) is 11.5 Å². The number of nitrogen functional groups attached to an aromatic ring is 1. The van der Waals surface area contributed by atoms with Crippen LogP contribution < -0.4 is 5.73 Å². The van der Waals surface area contributed by atoms with Crippen LogP contribution in [-0.2, 0) is 0 Å². The van der Waals surface area contributed by atoms with Gasteiger partial charge in [0, 0.05) is 11.8 Å². The number of hydrogen-bond acceptors (Lipinski definition) is 5. The lowest BCUT2D eigenvalue weighted by Crippen LogP contribution is -2.00. The maximum Gasteiger partial charge on any atom is 0.311 e. The van der Waals surface area contributed by atoms with Crippen LogP contribution >= 0.6 is 11.8 Å². The van der Waals surface area contributed by atoms with Gasteiger partial charge in [0.25, 0.3) is 0 Å². The zero-order valence-corrected chi connectivity index (χ0v) is 10.2. The second kappa shape index (κ2) is 5.69. The Kier molecular flexibility index (Phi) is 4.54. The molecule has 0 radical (unpaired) electrons. The SMILES string of the molecule is CCC(C)CSc1ccc([N+](=O)[O-])c(N)n1. The van der Waals surface area contributed by atoms with Crippen molar-refractivity contribution in [3.8, 4) is 0 Å². The summed E-state index contributed by atoms with van der Waals surface area (Å²) in [6, 6.07) is 3.04. The van der Waals surface area contributed by atoms with Gasteiger partial charge in [-0.05, 0) is 12.0 Å². The molecule has 88 valence electrons. The normalized spacial score (nSPS) is 12.4. The molecular weight excluding hydrogens is 226 g/mol. The molecule has 0 saturated heterocycles. The Morgan fingerprint density at radius 2 is 2.31 bits per heavy atom. The first kappa shape index (κ1) is 12.8. The van der Waals surface area contributed by atoms with E-state index in [1.54, 1.807) is 17.8 Å². The fraction of sp³-hybridized carbons (Fsp3) is 0.500. The highest BCUT2D eigenvalue weighted by Gasteiger charge is 2.13. The van der Waals surface area contributed by atoms with Crippen molar-refractivity contribution in [2.45, 2.75) is 25.3 Å². The van der Waals surface area contributed by atoms with E-state index in [0.29, 0.717) is 5.92 Å². The summed E-state index contributed by atoms with van der Waals surface area (Å²) in [7, 11) is 0. The molecule has 1 aromatic heterocycles. The van der Waals surface area contributed by atoms with Gasteiger partial charge in [-0.1, -0.05) is 20.3 Å². The van der Waals surface area contributed by atoms with Gasteiger partial charge in [-0.15, -0.1) is 11.8 Å². The van der Waals surface area contributed by atoms with E-state index in [4.69, 9.17) is 5.73 Å². The van der Waals surface area contributed by atoms with Gasteiger partial charge >= 0.3 is 5.69 Å². The zero-order valence-electron chi connectivity index (χ0n) is 9.34. The van der Waals surface area contributed by atoms with Gasteiger partial charge in [0.1, 0.15) is 0 Å². The van der Waals surface area contributed by atoms with Crippen LogP contribution in [0, 0.1) is 16.0 Å². The van der Waals surface area contributed by atoms with Crippen LogP contribution in [0.1, 0.15) is 20.3 Å². The van der Waals surface area contributed by atoms with Gasteiger partial charge in [-0.2, -0.15) is 0 Å². The highest BCUT2D eigenvalue weighted by Crippen LogP contribution is 2.25. The van der Waals surface area contributed by atoms with Crippen molar-refractivity contribution >= 4 is 23.3 Å². The molecule has 16 heavy (non-hydrogen) atoms. The lowest BCUT2D eigenvalue weighted by atomic mass is 10.2. The molecule has 1 aromatic rings. The molecule has 1 unspecified atom stereocenters. The second-order valence-electron chi connectivity index (χ2n) is 3.64. The van der Waals surface area contributed by atoms with Gasteiger partial charge in [0.2, 0.25) is 5.82 Å². The van der Waals surface area contributed by atoms with Crippen LogP contribution in [0.5, 0.6) is 0 Å². The third-order valence-corrected chi connectivity index (χ3v) is 3.55. The molecule has 1 rings (SSSR count). The number of nitrogens with zero attached hydrogens (tertiary/aromatic N) is 2.